The van der Waals surface area contributed by atoms with E-state index in [9.17, 15) is 18.0 Å². The maximum Gasteiger partial charge on any atom is 0.449 e. The fraction of sp³-hybridized carbons (Fsp3) is 0.571. The molecule has 3 rings (SSSR count). The molecule has 1 aliphatic heterocycles. The van der Waals surface area contributed by atoms with Gasteiger partial charge in [-0.2, -0.15) is 13.2 Å². The molecule has 0 aliphatic carbocycles. The first-order valence-electron chi connectivity index (χ1n) is 7.26. The van der Waals surface area contributed by atoms with Crippen LogP contribution in [0.15, 0.2) is 10.9 Å². The summed E-state index contributed by atoms with van der Waals surface area (Å²) in [6, 6.07) is 1.54. The number of hydrogen-bond acceptors (Lipinski definition) is 3. The topological polar surface area (TPSA) is 53.9 Å². The third-order valence-electron chi connectivity index (χ3n) is 3.97. The van der Waals surface area contributed by atoms with Crippen molar-refractivity contribution in [2.45, 2.75) is 32.5 Å². The van der Waals surface area contributed by atoms with Crippen LogP contribution in [-0.2, 0) is 12.7 Å². The molecule has 5 nitrogen and oxygen atoms in total. The zero-order valence-corrected chi connectivity index (χ0v) is 12.2. The van der Waals surface area contributed by atoms with Crippen LogP contribution in [0.5, 0.6) is 0 Å². The lowest BCUT2D eigenvalue weighted by Gasteiger charge is -2.18. The Morgan fingerprint density at radius 2 is 1.95 bits per heavy atom. The summed E-state index contributed by atoms with van der Waals surface area (Å²) < 4.78 is 40.4. The maximum absolute atomic E-state index is 13.2. The molecule has 1 N–H and O–H groups in total. The lowest BCUT2D eigenvalue weighted by atomic mass is 10.3. The van der Waals surface area contributed by atoms with E-state index < -0.39 is 17.6 Å². The van der Waals surface area contributed by atoms with E-state index in [1.54, 1.807) is 6.92 Å². The molecule has 0 saturated carbocycles. The van der Waals surface area contributed by atoms with Crippen molar-refractivity contribution >= 4 is 11.0 Å². The van der Waals surface area contributed by atoms with Crippen molar-refractivity contribution in [3.63, 3.8) is 0 Å². The Bertz CT molecular complexity index is 741. The standard InChI is InChI=1S/C14H17F3N4O/c1-9-8-10-11(18-9)19-13(14(15,16)17)21(12(10)22)7-6-20-4-2-3-5-20/h8,18H,2-7H2,1H3. The third-order valence-corrected chi connectivity index (χ3v) is 3.97. The molecule has 0 unspecified atom stereocenters. The number of likely N-dealkylation sites (tertiary alicyclic amines) is 1. The number of aromatic amines is 1. The third kappa shape index (κ3) is 2.75. The van der Waals surface area contributed by atoms with Gasteiger partial charge in [-0.05, 0) is 38.9 Å². The highest BCUT2D eigenvalue weighted by atomic mass is 19.4. The lowest BCUT2D eigenvalue weighted by Crippen LogP contribution is -2.34. The molecule has 0 atom stereocenters. The number of aromatic nitrogens is 3. The minimum atomic E-state index is -4.66. The number of H-pyrrole nitrogens is 1. The minimum Gasteiger partial charge on any atom is -0.343 e. The normalized spacial score (nSPS) is 16.7. The molecule has 1 saturated heterocycles. The average molecular weight is 314 g/mol. The van der Waals surface area contributed by atoms with Crippen LogP contribution in [0, 0.1) is 6.92 Å². The van der Waals surface area contributed by atoms with Gasteiger partial charge in [0.15, 0.2) is 0 Å². The maximum atomic E-state index is 13.2. The molecule has 1 fully saturated rings. The van der Waals surface area contributed by atoms with Crippen LogP contribution in [0.25, 0.3) is 11.0 Å². The van der Waals surface area contributed by atoms with E-state index in [2.05, 4.69) is 14.9 Å². The molecule has 0 bridgehead atoms. The molecule has 3 heterocycles. The van der Waals surface area contributed by atoms with Crippen LogP contribution < -0.4 is 5.56 Å². The molecule has 120 valence electrons. The number of nitrogens with zero attached hydrogens (tertiary/aromatic N) is 3. The second-order valence-corrected chi connectivity index (χ2v) is 5.65. The number of aryl methyl sites for hydroxylation is 1. The highest BCUT2D eigenvalue weighted by molar-refractivity contribution is 5.75. The molecule has 22 heavy (non-hydrogen) atoms. The monoisotopic (exact) mass is 314 g/mol. The van der Waals surface area contributed by atoms with Crippen molar-refractivity contribution in [1.29, 1.82) is 0 Å². The van der Waals surface area contributed by atoms with Crippen molar-refractivity contribution in [3.05, 3.63) is 27.9 Å². The molecule has 0 spiro atoms. The molecular weight excluding hydrogens is 297 g/mol. The Morgan fingerprint density at radius 3 is 2.59 bits per heavy atom. The van der Waals surface area contributed by atoms with E-state index in [4.69, 9.17) is 0 Å². The van der Waals surface area contributed by atoms with Crippen molar-refractivity contribution in [3.8, 4) is 0 Å². The molecule has 0 radical (unpaired) electrons. The van der Waals surface area contributed by atoms with Gasteiger partial charge in [-0.15, -0.1) is 0 Å². The molecule has 2 aromatic rings. The Kier molecular flexibility index (Phi) is 3.72. The van der Waals surface area contributed by atoms with E-state index >= 15 is 0 Å². The van der Waals surface area contributed by atoms with Crippen LogP contribution in [0.2, 0.25) is 0 Å². The molecule has 2 aromatic heterocycles. The summed E-state index contributed by atoms with van der Waals surface area (Å²) in [6.45, 7) is 3.85. The highest BCUT2D eigenvalue weighted by Crippen LogP contribution is 2.28. The lowest BCUT2D eigenvalue weighted by molar-refractivity contribution is -0.148. The first-order valence-corrected chi connectivity index (χ1v) is 7.26. The van der Waals surface area contributed by atoms with Gasteiger partial charge >= 0.3 is 6.18 Å². The second kappa shape index (κ2) is 5.42. The molecule has 0 aromatic carbocycles. The summed E-state index contributed by atoms with van der Waals surface area (Å²) in [5, 5.41) is 0.201. The quantitative estimate of drug-likeness (QED) is 0.944. The smallest absolute Gasteiger partial charge is 0.343 e. The second-order valence-electron chi connectivity index (χ2n) is 5.65. The predicted molar refractivity (Wildman–Crippen MR) is 75.8 cm³/mol. The number of hydrogen-bond donors (Lipinski definition) is 1. The van der Waals surface area contributed by atoms with Gasteiger partial charge in [0.25, 0.3) is 5.56 Å². The van der Waals surface area contributed by atoms with Gasteiger partial charge in [0.2, 0.25) is 5.82 Å². The minimum absolute atomic E-state index is 0.000838. The van der Waals surface area contributed by atoms with Crippen LogP contribution in [0.4, 0.5) is 13.2 Å². The van der Waals surface area contributed by atoms with Crippen LogP contribution in [0.3, 0.4) is 0 Å². The summed E-state index contributed by atoms with van der Waals surface area (Å²) in [5.74, 6) is -1.13. The van der Waals surface area contributed by atoms with E-state index in [1.807, 2.05) is 0 Å². The van der Waals surface area contributed by atoms with Crippen molar-refractivity contribution in [2.24, 2.45) is 0 Å². The summed E-state index contributed by atoms with van der Waals surface area (Å²) >= 11 is 0. The largest absolute Gasteiger partial charge is 0.449 e. The first kappa shape index (κ1) is 15.1. The Labute approximate surface area is 124 Å². The van der Waals surface area contributed by atoms with E-state index in [1.165, 1.54) is 6.07 Å². The number of fused-ring (bicyclic) bond motifs is 1. The summed E-state index contributed by atoms with van der Waals surface area (Å²) in [5.41, 5.74) is -0.0295. The average Bonchev–Trinajstić information content (AvgIpc) is 3.05. The first-order chi connectivity index (χ1) is 10.4. The molecule has 1 aliphatic rings. The number of nitrogens with one attached hydrogen (secondary N) is 1. The number of rotatable bonds is 3. The van der Waals surface area contributed by atoms with Crippen molar-refractivity contribution in [1.82, 2.24) is 19.4 Å². The molecular formula is C14H17F3N4O. The van der Waals surface area contributed by atoms with E-state index in [-0.39, 0.29) is 17.6 Å². The Hall–Kier alpha value is -1.83. The van der Waals surface area contributed by atoms with E-state index in [0.29, 0.717) is 12.2 Å². The van der Waals surface area contributed by atoms with Gasteiger partial charge in [-0.1, -0.05) is 0 Å². The van der Waals surface area contributed by atoms with Crippen LogP contribution >= 0.6 is 0 Å². The number of halogens is 3. The van der Waals surface area contributed by atoms with Gasteiger partial charge in [0.05, 0.1) is 5.39 Å². The van der Waals surface area contributed by atoms with Gasteiger partial charge < -0.3 is 9.88 Å². The summed E-state index contributed by atoms with van der Waals surface area (Å²) in [4.78, 5) is 20.8. The fourth-order valence-corrected chi connectivity index (χ4v) is 2.91. The van der Waals surface area contributed by atoms with Crippen LogP contribution in [0.1, 0.15) is 24.4 Å². The molecule has 0 amide bonds. The molecule has 8 heteroatoms. The van der Waals surface area contributed by atoms with Gasteiger partial charge in [0, 0.05) is 18.8 Å². The van der Waals surface area contributed by atoms with Crippen molar-refractivity contribution in [2.75, 3.05) is 19.6 Å². The van der Waals surface area contributed by atoms with Gasteiger partial charge in [-0.25, -0.2) is 4.98 Å². The van der Waals surface area contributed by atoms with Crippen molar-refractivity contribution < 1.29 is 13.2 Å². The van der Waals surface area contributed by atoms with Crippen LogP contribution in [-0.4, -0.2) is 39.1 Å². The fourth-order valence-electron chi connectivity index (χ4n) is 2.91. The number of alkyl halides is 3. The Morgan fingerprint density at radius 1 is 1.27 bits per heavy atom. The predicted octanol–water partition coefficient (Wildman–Crippen LogP) is 2.15. The van der Waals surface area contributed by atoms with Gasteiger partial charge in [-0.3, -0.25) is 9.36 Å². The summed E-state index contributed by atoms with van der Waals surface area (Å²) in [6.07, 6.45) is -2.55. The zero-order chi connectivity index (χ0) is 15.9. The Balaban J connectivity index is 2.04. The van der Waals surface area contributed by atoms with Gasteiger partial charge in [0.1, 0.15) is 5.65 Å². The zero-order valence-electron chi connectivity index (χ0n) is 12.2. The SMILES string of the molecule is Cc1cc2c(=O)n(CCN3CCCC3)c(C(F)(F)F)nc2[nH]1. The summed E-state index contributed by atoms with van der Waals surface area (Å²) in [7, 11) is 0. The highest BCUT2D eigenvalue weighted by Gasteiger charge is 2.37. The van der Waals surface area contributed by atoms with E-state index in [0.717, 1.165) is 30.5 Å².